The Balaban J connectivity index is 0.000000241. The molecule has 0 spiro atoms. The van der Waals surface area contributed by atoms with Gasteiger partial charge in [-0.05, 0) is 91.2 Å². The van der Waals surface area contributed by atoms with Gasteiger partial charge in [0, 0.05) is 25.0 Å². The molecule has 4 unspecified atom stereocenters. The van der Waals surface area contributed by atoms with Gasteiger partial charge in [-0.1, -0.05) is 67.6 Å². The lowest BCUT2D eigenvalue weighted by Crippen LogP contribution is -2.50. The number of amides is 2. The van der Waals surface area contributed by atoms with Crippen molar-refractivity contribution in [2.75, 3.05) is 13.1 Å². The Morgan fingerprint density at radius 1 is 0.682 bits per heavy atom. The quantitative estimate of drug-likeness (QED) is 0.367. The number of ether oxygens (including phenoxy) is 2. The van der Waals surface area contributed by atoms with Crippen LogP contribution in [0.3, 0.4) is 0 Å². The summed E-state index contributed by atoms with van der Waals surface area (Å²) in [6, 6.07) is 19.4. The summed E-state index contributed by atoms with van der Waals surface area (Å²) in [6.45, 7) is 14.8. The summed E-state index contributed by atoms with van der Waals surface area (Å²) in [4.78, 5) is 40.4. The molecule has 2 amide bonds. The molecule has 0 aromatic heterocycles. The average Bonchev–Trinajstić information content (AvgIpc) is 2.96. The molecule has 4 rings (SSSR count). The van der Waals surface area contributed by atoms with Gasteiger partial charge in [0.25, 0.3) is 0 Å². The molecule has 0 bridgehead atoms. The Hall–Kier alpha value is -3.55. The van der Waals surface area contributed by atoms with Crippen molar-refractivity contribution in [3.05, 3.63) is 71.8 Å². The highest BCUT2D eigenvalue weighted by Gasteiger charge is 2.39. The largest absolute Gasteiger partial charge is 0.481 e. The van der Waals surface area contributed by atoms with E-state index in [1.807, 2.05) is 70.7 Å². The van der Waals surface area contributed by atoms with Crippen molar-refractivity contribution in [2.24, 2.45) is 0 Å². The first-order valence-corrected chi connectivity index (χ1v) is 16.0. The van der Waals surface area contributed by atoms with E-state index in [1.165, 1.54) is 12.0 Å². The van der Waals surface area contributed by atoms with Gasteiger partial charge < -0.3 is 24.4 Å². The molecule has 0 aliphatic carbocycles. The molecule has 2 heterocycles. The van der Waals surface area contributed by atoms with Crippen LogP contribution in [0.1, 0.15) is 110 Å². The highest BCUT2D eigenvalue weighted by atomic mass is 16.6. The predicted molar refractivity (Wildman–Crippen MR) is 173 cm³/mol. The minimum atomic E-state index is -0.906. The molecule has 8 heteroatoms. The topological polar surface area (TPSA) is 96.4 Å². The molecule has 1 N–H and O–H groups in total. The van der Waals surface area contributed by atoms with Crippen molar-refractivity contribution in [1.82, 2.24) is 9.80 Å². The SMILES string of the molecule is CC(C)(C)OC(=O)N1CCCCC1C(C(=O)O)c1ccccc1.CC(c1ccccc1)C1CCCCN1C(=O)OC(C)(C)C. The van der Waals surface area contributed by atoms with E-state index < -0.39 is 29.2 Å². The van der Waals surface area contributed by atoms with E-state index in [4.69, 9.17) is 9.47 Å². The maximum Gasteiger partial charge on any atom is 0.410 e. The number of carbonyl (C=O) groups excluding carboxylic acids is 2. The third-order valence-corrected chi connectivity index (χ3v) is 8.07. The van der Waals surface area contributed by atoms with Crippen LogP contribution in [-0.4, -0.2) is 69.4 Å². The molecule has 2 aliphatic heterocycles. The summed E-state index contributed by atoms with van der Waals surface area (Å²) in [7, 11) is 0. The molecule has 2 saturated heterocycles. The first-order valence-electron chi connectivity index (χ1n) is 16.0. The van der Waals surface area contributed by atoms with E-state index in [0.29, 0.717) is 18.9 Å². The Labute approximate surface area is 263 Å². The molecule has 2 aromatic rings. The minimum Gasteiger partial charge on any atom is -0.481 e. The van der Waals surface area contributed by atoms with Crippen molar-refractivity contribution in [1.29, 1.82) is 0 Å². The fraction of sp³-hybridized carbons (Fsp3) is 0.583. The average molecular weight is 609 g/mol. The smallest absolute Gasteiger partial charge is 0.410 e. The third-order valence-electron chi connectivity index (χ3n) is 8.07. The van der Waals surface area contributed by atoms with Gasteiger partial charge in [-0.3, -0.25) is 4.79 Å². The molecule has 0 radical (unpaired) electrons. The molecular weight excluding hydrogens is 556 g/mol. The summed E-state index contributed by atoms with van der Waals surface area (Å²) < 4.78 is 11.0. The zero-order valence-corrected chi connectivity index (χ0v) is 27.6. The number of likely N-dealkylation sites (tertiary alicyclic amines) is 2. The number of carboxylic acid groups (broad SMARTS) is 1. The number of carbonyl (C=O) groups is 3. The van der Waals surface area contributed by atoms with Gasteiger partial charge in [0.2, 0.25) is 0 Å². The van der Waals surface area contributed by atoms with Crippen LogP contribution in [0.25, 0.3) is 0 Å². The molecule has 2 fully saturated rings. The maximum absolute atomic E-state index is 12.5. The van der Waals surface area contributed by atoms with E-state index in [-0.39, 0.29) is 18.2 Å². The normalized spacial score (nSPS) is 20.4. The second kappa shape index (κ2) is 15.4. The summed E-state index contributed by atoms with van der Waals surface area (Å²) in [5.74, 6) is -1.31. The van der Waals surface area contributed by atoms with E-state index in [1.54, 1.807) is 17.0 Å². The lowest BCUT2D eigenvalue weighted by molar-refractivity contribution is -0.140. The number of nitrogens with zero attached hydrogens (tertiary/aromatic N) is 2. The minimum absolute atomic E-state index is 0.171. The van der Waals surface area contributed by atoms with Crippen LogP contribution in [0, 0.1) is 0 Å². The lowest BCUT2D eigenvalue weighted by atomic mass is 9.85. The van der Waals surface area contributed by atoms with Gasteiger partial charge in [0.05, 0.1) is 6.04 Å². The van der Waals surface area contributed by atoms with E-state index in [2.05, 4.69) is 31.2 Å². The Bertz CT molecular complexity index is 1200. The monoisotopic (exact) mass is 608 g/mol. The van der Waals surface area contributed by atoms with Crippen LogP contribution >= 0.6 is 0 Å². The molecule has 8 nitrogen and oxygen atoms in total. The Morgan fingerprint density at radius 3 is 1.52 bits per heavy atom. The summed E-state index contributed by atoms with van der Waals surface area (Å²) >= 11 is 0. The van der Waals surface area contributed by atoms with E-state index in [0.717, 1.165) is 37.8 Å². The third kappa shape index (κ3) is 10.3. The van der Waals surface area contributed by atoms with Gasteiger partial charge >= 0.3 is 18.2 Å². The number of aliphatic carboxylic acids is 1. The van der Waals surface area contributed by atoms with Crippen molar-refractivity contribution >= 4 is 18.2 Å². The number of rotatable bonds is 5. The second-order valence-corrected chi connectivity index (χ2v) is 13.9. The lowest BCUT2D eigenvalue weighted by Gasteiger charge is -2.40. The van der Waals surface area contributed by atoms with Gasteiger partial charge in [0.1, 0.15) is 17.1 Å². The highest BCUT2D eigenvalue weighted by Crippen LogP contribution is 2.33. The number of carboxylic acids is 1. The Kier molecular flexibility index (Phi) is 12.3. The van der Waals surface area contributed by atoms with Crippen molar-refractivity contribution < 1.29 is 29.0 Å². The van der Waals surface area contributed by atoms with Crippen molar-refractivity contribution in [3.8, 4) is 0 Å². The van der Waals surface area contributed by atoms with Gasteiger partial charge in [-0.15, -0.1) is 0 Å². The fourth-order valence-corrected chi connectivity index (χ4v) is 6.04. The standard InChI is InChI=1S/C18H25NO4.C18H27NO2/c1-18(2,3)23-17(22)19-12-8-7-11-14(19)15(16(20)21)13-9-5-4-6-10-13;1-14(15-10-6-5-7-11-15)16-12-8-9-13-19(16)17(20)21-18(2,3)4/h4-6,9-10,14-15H,7-8,11-12H2,1-3H3,(H,20,21);5-7,10-11,14,16H,8-9,12-13H2,1-4H3. The molecule has 4 atom stereocenters. The van der Waals surface area contributed by atoms with Gasteiger partial charge in [-0.2, -0.15) is 0 Å². The fourth-order valence-electron chi connectivity index (χ4n) is 6.04. The van der Waals surface area contributed by atoms with Crippen LogP contribution in [0.2, 0.25) is 0 Å². The summed E-state index contributed by atoms with van der Waals surface area (Å²) in [5, 5.41) is 9.73. The Morgan fingerprint density at radius 2 is 1.09 bits per heavy atom. The molecule has 44 heavy (non-hydrogen) atoms. The number of piperidine rings is 2. The molecule has 242 valence electrons. The van der Waals surface area contributed by atoms with Gasteiger partial charge in [-0.25, -0.2) is 9.59 Å². The first kappa shape index (κ1) is 34.9. The number of hydrogen-bond acceptors (Lipinski definition) is 5. The zero-order valence-electron chi connectivity index (χ0n) is 27.6. The first-order chi connectivity index (χ1) is 20.7. The molecule has 2 aliphatic rings. The summed E-state index contributed by atoms with van der Waals surface area (Å²) in [5.41, 5.74) is 0.984. The summed E-state index contributed by atoms with van der Waals surface area (Å²) in [6.07, 6.45) is 5.16. The van der Waals surface area contributed by atoms with E-state index in [9.17, 15) is 19.5 Å². The molecular formula is C36H52N2O6. The van der Waals surface area contributed by atoms with E-state index >= 15 is 0 Å². The zero-order chi connectivity index (χ0) is 32.5. The highest BCUT2D eigenvalue weighted by molar-refractivity contribution is 5.79. The van der Waals surface area contributed by atoms with Crippen molar-refractivity contribution in [2.45, 2.75) is 122 Å². The number of hydrogen-bond donors (Lipinski definition) is 1. The number of benzene rings is 2. The van der Waals surface area contributed by atoms with Crippen LogP contribution in [0.15, 0.2) is 60.7 Å². The van der Waals surface area contributed by atoms with Crippen LogP contribution in [0.5, 0.6) is 0 Å². The molecule has 0 saturated carbocycles. The van der Waals surface area contributed by atoms with Crippen LogP contribution in [0.4, 0.5) is 9.59 Å². The molecule has 2 aromatic carbocycles. The predicted octanol–water partition coefficient (Wildman–Crippen LogP) is 8.22. The van der Waals surface area contributed by atoms with Crippen molar-refractivity contribution in [3.63, 3.8) is 0 Å². The van der Waals surface area contributed by atoms with Crippen LogP contribution < -0.4 is 0 Å². The maximum atomic E-state index is 12.5. The van der Waals surface area contributed by atoms with Gasteiger partial charge in [0.15, 0.2) is 0 Å². The second-order valence-electron chi connectivity index (χ2n) is 13.9. The van der Waals surface area contributed by atoms with Crippen LogP contribution in [-0.2, 0) is 14.3 Å².